The Labute approximate surface area is 55.5 Å². The topological polar surface area (TPSA) is 58.9 Å². The van der Waals surface area contributed by atoms with Gasteiger partial charge in [-0.25, -0.2) is 0 Å². The van der Waals surface area contributed by atoms with Gasteiger partial charge in [0.1, 0.15) is 12.2 Å². The maximum Gasteiger partial charge on any atom is 0.219 e. The SMILES string of the molecule is C[C@@H]1OS(O)(O)O[C@H]1C. The summed E-state index contributed by atoms with van der Waals surface area (Å²) in [6.07, 6.45) is -0.454. The Morgan fingerprint density at radius 2 is 1.44 bits per heavy atom. The Morgan fingerprint density at radius 3 is 1.56 bits per heavy atom. The quantitative estimate of drug-likeness (QED) is 0.553. The van der Waals surface area contributed by atoms with E-state index in [4.69, 9.17) is 9.11 Å². The van der Waals surface area contributed by atoms with Gasteiger partial charge in [-0.2, -0.15) is 0 Å². The Balaban J connectivity index is 2.54. The maximum atomic E-state index is 8.73. The third kappa shape index (κ3) is 1.56. The molecule has 2 atom stereocenters. The summed E-state index contributed by atoms with van der Waals surface area (Å²) in [6, 6.07) is 0. The molecular formula is C4H10O4S. The minimum Gasteiger partial charge on any atom is -0.287 e. The van der Waals surface area contributed by atoms with Crippen LogP contribution in [0.5, 0.6) is 0 Å². The molecule has 5 heteroatoms. The first-order valence-electron chi connectivity index (χ1n) is 2.66. The number of rotatable bonds is 0. The van der Waals surface area contributed by atoms with Gasteiger partial charge in [0, 0.05) is 0 Å². The number of hydrogen-bond acceptors (Lipinski definition) is 4. The van der Waals surface area contributed by atoms with Crippen LogP contribution in [0.1, 0.15) is 13.8 Å². The van der Waals surface area contributed by atoms with Gasteiger partial charge in [-0.05, 0) is 13.8 Å². The maximum absolute atomic E-state index is 8.73. The van der Waals surface area contributed by atoms with Crippen LogP contribution < -0.4 is 0 Å². The molecule has 1 aliphatic heterocycles. The van der Waals surface area contributed by atoms with Crippen molar-refractivity contribution in [3.05, 3.63) is 0 Å². The van der Waals surface area contributed by atoms with Crippen LogP contribution in [0.4, 0.5) is 0 Å². The smallest absolute Gasteiger partial charge is 0.219 e. The summed E-state index contributed by atoms with van der Waals surface area (Å²) in [6.45, 7) is 3.46. The molecule has 2 N–H and O–H groups in total. The van der Waals surface area contributed by atoms with Crippen LogP contribution in [0, 0.1) is 0 Å². The van der Waals surface area contributed by atoms with E-state index < -0.39 is 11.2 Å². The van der Waals surface area contributed by atoms with Crippen molar-refractivity contribution in [2.45, 2.75) is 26.1 Å². The molecule has 0 aromatic heterocycles. The van der Waals surface area contributed by atoms with Gasteiger partial charge < -0.3 is 0 Å². The van der Waals surface area contributed by atoms with Gasteiger partial charge in [0.2, 0.25) is 11.2 Å². The summed E-state index contributed by atoms with van der Waals surface area (Å²) in [5.74, 6) is 0. The first kappa shape index (κ1) is 7.30. The van der Waals surface area contributed by atoms with E-state index in [1.165, 1.54) is 0 Å². The highest BCUT2D eigenvalue weighted by Crippen LogP contribution is 2.50. The first-order valence-corrected chi connectivity index (χ1v) is 4.05. The molecular weight excluding hydrogens is 144 g/mol. The third-order valence-electron chi connectivity index (χ3n) is 1.22. The van der Waals surface area contributed by atoms with Crippen LogP contribution >= 0.6 is 11.2 Å². The molecule has 1 fully saturated rings. The van der Waals surface area contributed by atoms with Crippen molar-refractivity contribution in [1.82, 2.24) is 0 Å². The van der Waals surface area contributed by atoms with E-state index in [1.807, 2.05) is 0 Å². The standard InChI is InChI=1S/C4H10O4S/c1-3-4(2)8-9(5,6)7-3/h3-6H,1-2H3/t3-,4-/m0/s1. The lowest BCUT2D eigenvalue weighted by Crippen LogP contribution is -2.13. The molecule has 0 aromatic rings. The lowest BCUT2D eigenvalue weighted by atomic mass is 10.3. The molecule has 0 saturated carbocycles. The van der Waals surface area contributed by atoms with Crippen LogP contribution in [0.3, 0.4) is 0 Å². The normalized spacial score (nSPS) is 44.9. The van der Waals surface area contributed by atoms with E-state index in [1.54, 1.807) is 13.8 Å². The summed E-state index contributed by atoms with van der Waals surface area (Å²) in [4.78, 5) is 0. The van der Waals surface area contributed by atoms with Crippen molar-refractivity contribution in [3.63, 3.8) is 0 Å². The zero-order valence-electron chi connectivity index (χ0n) is 5.27. The summed E-state index contributed by atoms with van der Waals surface area (Å²) in [5, 5.41) is 0. The molecule has 0 aliphatic carbocycles. The molecule has 1 saturated heterocycles. The molecule has 0 radical (unpaired) electrons. The Hall–Kier alpha value is 0.190. The molecule has 4 nitrogen and oxygen atoms in total. The van der Waals surface area contributed by atoms with Gasteiger partial charge >= 0.3 is 0 Å². The first-order chi connectivity index (χ1) is 4.01. The van der Waals surface area contributed by atoms with Crippen LogP contribution in [0.25, 0.3) is 0 Å². The van der Waals surface area contributed by atoms with E-state index in [2.05, 4.69) is 8.37 Å². The minimum absolute atomic E-state index is 0.227. The van der Waals surface area contributed by atoms with Crippen molar-refractivity contribution in [3.8, 4) is 0 Å². The Morgan fingerprint density at radius 1 is 1.11 bits per heavy atom. The number of hydrogen-bond donors (Lipinski definition) is 2. The Kier molecular flexibility index (Phi) is 1.71. The van der Waals surface area contributed by atoms with Crippen LogP contribution in [0.15, 0.2) is 0 Å². The molecule has 0 bridgehead atoms. The van der Waals surface area contributed by atoms with Gasteiger partial charge in [-0.15, -0.1) is 0 Å². The van der Waals surface area contributed by atoms with E-state index in [9.17, 15) is 0 Å². The average Bonchev–Trinajstić information content (AvgIpc) is 1.79. The molecule has 56 valence electrons. The second kappa shape index (κ2) is 2.10. The van der Waals surface area contributed by atoms with Crippen LogP contribution in [0.2, 0.25) is 0 Å². The van der Waals surface area contributed by atoms with Gasteiger partial charge in [0.05, 0.1) is 0 Å². The van der Waals surface area contributed by atoms with Gasteiger partial charge in [0.15, 0.2) is 0 Å². The predicted molar refractivity (Wildman–Crippen MR) is 33.9 cm³/mol. The third-order valence-corrected chi connectivity index (χ3v) is 2.32. The van der Waals surface area contributed by atoms with Crippen LogP contribution in [-0.4, -0.2) is 21.3 Å². The predicted octanol–water partition coefficient (Wildman–Crippen LogP) is 1.39. The van der Waals surface area contributed by atoms with E-state index in [-0.39, 0.29) is 12.2 Å². The second-order valence-corrected chi connectivity index (χ2v) is 3.33. The van der Waals surface area contributed by atoms with E-state index >= 15 is 0 Å². The summed E-state index contributed by atoms with van der Waals surface area (Å²) in [7, 11) is 0. The van der Waals surface area contributed by atoms with Crippen molar-refractivity contribution < 1.29 is 17.5 Å². The second-order valence-electron chi connectivity index (χ2n) is 2.05. The van der Waals surface area contributed by atoms with Crippen molar-refractivity contribution >= 4 is 11.2 Å². The molecule has 0 amide bonds. The summed E-state index contributed by atoms with van der Waals surface area (Å²) in [5.41, 5.74) is 0. The van der Waals surface area contributed by atoms with Gasteiger partial charge in [-0.3, -0.25) is 17.5 Å². The molecule has 1 heterocycles. The lowest BCUT2D eigenvalue weighted by Gasteiger charge is -2.15. The Bertz CT molecular complexity index is 103. The minimum atomic E-state index is -3.14. The fourth-order valence-electron chi connectivity index (χ4n) is 0.575. The highest BCUT2D eigenvalue weighted by Gasteiger charge is 2.37. The lowest BCUT2D eigenvalue weighted by molar-refractivity contribution is 0.187. The molecule has 0 aromatic carbocycles. The summed E-state index contributed by atoms with van der Waals surface area (Å²) < 4.78 is 26.7. The van der Waals surface area contributed by atoms with E-state index in [0.717, 1.165) is 0 Å². The average molecular weight is 154 g/mol. The van der Waals surface area contributed by atoms with Crippen LogP contribution in [-0.2, 0) is 8.37 Å². The zero-order valence-corrected chi connectivity index (χ0v) is 6.09. The summed E-state index contributed by atoms with van der Waals surface area (Å²) >= 11 is -3.14. The van der Waals surface area contributed by atoms with Crippen molar-refractivity contribution in [1.29, 1.82) is 0 Å². The van der Waals surface area contributed by atoms with Gasteiger partial charge in [-0.1, -0.05) is 0 Å². The molecule has 1 rings (SSSR count). The molecule has 9 heavy (non-hydrogen) atoms. The zero-order chi connectivity index (χ0) is 7.07. The monoisotopic (exact) mass is 154 g/mol. The molecule has 1 aliphatic rings. The van der Waals surface area contributed by atoms with Crippen molar-refractivity contribution in [2.75, 3.05) is 0 Å². The molecule has 0 spiro atoms. The fraction of sp³-hybridized carbons (Fsp3) is 1.00. The highest BCUT2D eigenvalue weighted by molar-refractivity contribution is 8.16. The van der Waals surface area contributed by atoms with Crippen molar-refractivity contribution in [2.24, 2.45) is 0 Å². The van der Waals surface area contributed by atoms with E-state index in [0.29, 0.717) is 0 Å². The largest absolute Gasteiger partial charge is 0.287 e. The highest BCUT2D eigenvalue weighted by atomic mass is 32.3. The fourth-order valence-corrected chi connectivity index (χ4v) is 1.72. The molecule has 0 unspecified atom stereocenters. The van der Waals surface area contributed by atoms with Gasteiger partial charge in [0.25, 0.3) is 0 Å².